The van der Waals surface area contributed by atoms with Crippen LogP contribution in [0.25, 0.3) is 0 Å². The fourth-order valence-corrected chi connectivity index (χ4v) is 0. The second kappa shape index (κ2) is 16.4. The molecule has 0 radical (unpaired) electrons. The van der Waals surface area contributed by atoms with Crippen molar-refractivity contribution in [3.63, 3.8) is 0 Å². The van der Waals surface area contributed by atoms with E-state index in [1.165, 1.54) is 0 Å². The Morgan fingerprint density at radius 2 is 0.917 bits per heavy atom. The molecule has 0 aliphatic rings. The zero-order chi connectivity index (χ0) is 10.6. The van der Waals surface area contributed by atoms with Crippen molar-refractivity contribution in [2.24, 2.45) is 11.8 Å². The highest BCUT2D eigenvalue weighted by molar-refractivity contribution is 5.26. The molecule has 0 fully saturated rings. The van der Waals surface area contributed by atoms with Crippen LogP contribution in [0.2, 0.25) is 0 Å². The Morgan fingerprint density at radius 3 is 0.917 bits per heavy atom. The third kappa shape index (κ3) is 69.2. The van der Waals surface area contributed by atoms with Crippen LogP contribution in [0.3, 0.4) is 0 Å². The number of nitrogens with one attached hydrogen (secondary N) is 2. The van der Waals surface area contributed by atoms with Gasteiger partial charge in [0.25, 0.3) is 0 Å². The minimum atomic E-state index is 0.750. The van der Waals surface area contributed by atoms with Gasteiger partial charge >= 0.3 is 0 Å². The van der Waals surface area contributed by atoms with Crippen molar-refractivity contribution < 1.29 is 9.59 Å². The zero-order valence-electron chi connectivity index (χ0n) is 7.97. The van der Waals surface area contributed by atoms with E-state index < -0.39 is 0 Å². The molecular weight excluding hydrogens is 156 g/mol. The minimum absolute atomic E-state index is 0.750. The normalized spacial score (nSPS) is 6.83. The summed E-state index contributed by atoms with van der Waals surface area (Å²) in [7, 11) is 0. The molecule has 12 heavy (non-hydrogen) atoms. The van der Waals surface area contributed by atoms with Crippen LogP contribution in [0.15, 0.2) is 0 Å². The lowest BCUT2D eigenvalue weighted by molar-refractivity contribution is 0.457. The molecule has 70 valence electrons. The molecule has 0 aromatic carbocycles. The third-order valence-corrected chi connectivity index (χ3v) is 1.33. The molecular formula is C8H16N2O2. The summed E-state index contributed by atoms with van der Waals surface area (Å²) in [6.07, 6.45) is 1.50. The number of isocyanates is 2. The lowest BCUT2D eigenvalue weighted by Crippen LogP contribution is -1.95. The lowest BCUT2D eigenvalue weighted by Gasteiger charge is -2.05. The smallest absolute Gasteiger partial charge is 0.222 e. The summed E-state index contributed by atoms with van der Waals surface area (Å²) < 4.78 is 0. The van der Waals surface area contributed by atoms with Crippen molar-refractivity contribution in [1.29, 1.82) is 10.8 Å². The summed E-state index contributed by atoms with van der Waals surface area (Å²) in [5.41, 5.74) is 0. The average molecular weight is 172 g/mol. The second-order valence-corrected chi connectivity index (χ2v) is 2.69. The van der Waals surface area contributed by atoms with Crippen LogP contribution < -0.4 is 0 Å². The first-order valence-electron chi connectivity index (χ1n) is 3.55. The third-order valence-electron chi connectivity index (χ3n) is 1.33. The van der Waals surface area contributed by atoms with E-state index in [4.69, 9.17) is 20.4 Å². The number of carbonyl (C=O) groups excluding carboxylic acids is 2. The first kappa shape index (κ1) is 17.0. The van der Waals surface area contributed by atoms with E-state index in [2.05, 4.69) is 27.7 Å². The molecule has 0 unspecified atom stereocenters. The topological polar surface area (TPSA) is 81.8 Å². The summed E-state index contributed by atoms with van der Waals surface area (Å²) in [5.74, 6) is 1.70. The van der Waals surface area contributed by atoms with Gasteiger partial charge in [-0.2, -0.15) is 0 Å². The maximum atomic E-state index is 8.35. The van der Waals surface area contributed by atoms with Crippen molar-refractivity contribution in [2.75, 3.05) is 0 Å². The molecule has 0 aliphatic heterocycles. The Labute approximate surface area is 73.0 Å². The molecule has 0 heterocycles. The molecule has 0 amide bonds. The molecule has 0 aromatic heterocycles. The van der Waals surface area contributed by atoms with Crippen molar-refractivity contribution in [1.82, 2.24) is 0 Å². The van der Waals surface area contributed by atoms with E-state index in [1.54, 1.807) is 0 Å². The van der Waals surface area contributed by atoms with E-state index in [9.17, 15) is 0 Å². The summed E-state index contributed by atoms with van der Waals surface area (Å²) in [6, 6.07) is 0. The Kier molecular flexibility index (Phi) is 23.2. The predicted octanol–water partition coefficient (Wildman–Crippen LogP) is 2.10. The van der Waals surface area contributed by atoms with Crippen molar-refractivity contribution in [3.05, 3.63) is 0 Å². The highest BCUT2D eigenvalue weighted by Gasteiger charge is 1.95. The molecule has 4 nitrogen and oxygen atoms in total. The Balaban J connectivity index is -0.000000115. The summed E-state index contributed by atoms with van der Waals surface area (Å²) in [6.45, 7) is 8.96. The van der Waals surface area contributed by atoms with Gasteiger partial charge in [-0.05, 0) is 11.8 Å². The number of hydrogen-bond donors (Lipinski definition) is 2. The lowest BCUT2D eigenvalue weighted by atomic mass is 10.0. The Bertz CT molecular complexity index is 123. The molecule has 0 saturated heterocycles. The maximum Gasteiger partial charge on any atom is 0.231 e. The summed E-state index contributed by atoms with van der Waals surface area (Å²) in [4.78, 5) is 16.7. The maximum absolute atomic E-state index is 8.35. The molecule has 0 spiro atoms. The van der Waals surface area contributed by atoms with Crippen LogP contribution in [0, 0.1) is 22.7 Å². The van der Waals surface area contributed by atoms with Gasteiger partial charge in [0.15, 0.2) is 0 Å². The fraction of sp³-hybridized carbons (Fsp3) is 0.750. The van der Waals surface area contributed by atoms with Crippen LogP contribution in [0.5, 0.6) is 0 Å². The minimum Gasteiger partial charge on any atom is -0.222 e. The first-order valence-corrected chi connectivity index (χ1v) is 3.55. The quantitative estimate of drug-likeness (QED) is 0.469. The van der Waals surface area contributed by atoms with Crippen molar-refractivity contribution >= 4 is 12.2 Å². The zero-order valence-corrected chi connectivity index (χ0v) is 7.97. The Morgan fingerprint density at radius 1 is 0.833 bits per heavy atom. The summed E-state index contributed by atoms with van der Waals surface area (Å²) >= 11 is 0. The predicted molar refractivity (Wildman–Crippen MR) is 46.5 cm³/mol. The summed E-state index contributed by atoms with van der Waals surface area (Å²) in [5, 5.41) is 10.8. The first-order chi connectivity index (χ1) is 5.47. The van der Waals surface area contributed by atoms with E-state index in [1.807, 2.05) is 0 Å². The Hall–Kier alpha value is -1.24. The van der Waals surface area contributed by atoms with E-state index in [0.717, 1.165) is 24.0 Å². The molecule has 0 atom stereocenters. The van der Waals surface area contributed by atoms with Crippen molar-refractivity contribution in [2.45, 2.75) is 27.7 Å². The molecule has 0 aromatic rings. The monoisotopic (exact) mass is 172 g/mol. The van der Waals surface area contributed by atoms with Gasteiger partial charge < -0.3 is 0 Å². The number of hydrogen-bond acceptors (Lipinski definition) is 4. The molecule has 0 saturated carbocycles. The molecule has 4 heteroatoms. The van der Waals surface area contributed by atoms with Gasteiger partial charge in [0.2, 0.25) is 12.2 Å². The highest BCUT2D eigenvalue weighted by atomic mass is 16.1. The van der Waals surface area contributed by atoms with Gasteiger partial charge in [-0.25, -0.2) is 20.4 Å². The van der Waals surface area contributed by atoms with Gasteiger partial charge in [0, 0.05) is 0 Å². The van der Waals surface area contributed by atoms with Crippen LogP contribution in [0.4, 0.5) is 0 Å². The van der Waals surface area contributed by atoms with Crippen LogP contribution in [0.1, 0.15) is 27.7 Å². The van der Waals surface area contributed by atoms with Gasteiger partial charge in [-0.15, -0.1) is 0 Å². The largest absolute Gasteiger partial charge is 0.231 e. The van der Waals surface area contributed by atoms with Gasteiger partial charge in [-0.1, -0.05) is 27.7 Å². The van der Waals surface area contributed by atoms with Crippen LogP contribution in [-0.4, -0.2) is 12.2 Å². The molecule has 0 bridgehead atoms. The van der Waals surface area contributed by atoms with E-state index in [-0.39, 0.29) is 0 Å². The van der Waals surface area contributed by atoms with Crippen LogP contribution in [-0.2, 0) is 9.59 Å². The fourth-order valence-electron chi connectivity index (χ4n) is 0. The average Bonchev–Trinajstić information content (AvgIpc) is 1.90. The standard InChI is InChI=1S/C6H14.2CHNO/c1-5(2)6(3)4;2*2-1-3/h5-6H,1-4H3;2*2H. The van der Waals surface area contributed by atoms with E-state index >= 15 is 0 Å². The van der Waals surface area contributed by atoms with Gasteiger partial charge in [-0.3, -0.25) is 0 Å². The molecule has 0 aliphatic carbocycles. The van der Waals surface area contributed by atoms with E-state index in [0.29, 0.717) is 0 Å². The number of rotatable bonds is 1. The van der Waals surface area contributed by atoms with Crippen LogP contribution >= 0.6 is 0 Å². The van der Waals surface area contributed by atoms with Gasteiger partial charge in [0.05, 0.1) is 0 Å². The van der Waals surface area contributed by atoms with Crippen molar-refractivity contribution in [3.8, 4) is 0 Å². The SMILES string of the molecule is CC(C)C(C)C.N=C=O.N=C=O. The van der Waals surface area contributed by atoms with Gasteiger partial charge in [0.1, 0.15) is 0 Å². The molecule has 2 N–H and O–H groups in total. The highest BCUT2D eigenvalue weighted by Crippen LogP contribution is 2.05. The second-order valence-electron chi connectivity index (χ2n) is 2.69. The molecule has 0 rings (SSSR count).